The van der Waals surface area contributed by atoms with Gasteiger partial charge in [0.05, 0.1) is 0 Å². The second kappa shape index (κ2) is 8.78. The van der Waals surface area contributed by atoms with Crippen LogP contribution in [0.25, 0.3) is 0 Å². The third-order valence-electron chi connectivity index (χ3n) is 6.09. The number of benzene rings is 2. The Hall–Kier alpha value is -2.66. The summed E-state index contributed by atoms with van der Waals surface area (Å²) in [6.07, 6.45) is 2.22. The number of nitrogens with zero attached hydrogens (tertiary/aromatic N) is 3. The molecule has 0 radical (unpaired) electrons. The largest absolute Gasteiger partial charge is 0.369 e. The Morgan fingerprint density at radius 1 is 0.793 bits per heavy atom. The van der Waals surface area contributed by atoms with Gasteiger partial charge in [0, 0.05) is 50.5 Å². The van der Waals surface area contributed by atoms with Gasteiger partial charge in [-0.25, -0.2) is 0 Å². The van der Waals surface area contributed by atoms with Gasteiger partial charge in [-0.2, -0.15) is 0 Å². The van der Waals surface area contributed by atoms with Crippen molar-refractivity contribution in [2.45, 2.75) is 25.8 Å². The first-order valence-electron chi connectivity index (χ1n) is 10.6. The summed E-state index contributed by atoms with van der Waals surface area (Å²) in [6.45, 7) is 6.78. The number of hydrogen-bond acceptors (Lipinski definition) is 4. The molecule has 4 rings (SSSR count). The van der Waals surface area contributed by atoms with Crippen LogP contribution in [0.15, 0.2) is 54.6 Å². The minimum absolute atomic E-state index is 0.0903. The van der Waals surface area contributed by atoms with Crippen molar-refractivity contribution >= 4 is 17.4 Å². The predicted octanol–water partition coefficient (Wildman–Crippen LogP) is 3.37. The van der Waals surface area contributed by atoms with Crippen molar-refractivity contribution in [3.63, 3.8) is 0 Å². The Morgan fingerprint density at radius 2 is 1.41 bits per heavy atom. The number of rotatable bonds is 5. The van der Waals surface area contributed by atoms with E-state index in [9.17, 15) is 9.59 Å². The first-order valence-corrected chi connectivity index (χ1v) is 10.6. The van der Waals surface area contributed by atoms with Crippen molar-refractivity contribution in [2.75, 3.05) is 44.2 Å². The number of ketones is 1. The second-order valence-corrected chi connectivity index (χ2v) is 7.97. The molecule has 0 saturated carbocycles. The average molecular weight is 392 g/mol. The molecule has 2 aliphatic heterocycles. The molecule has 29 heavy (non-hydrogen) atoms. The Morgan fingerprint density at radius 3 is 2.00 bits per heavy atom. The van der Waals surface area contributed by atoms with Crippen LogP contribution in [0.5, 0.6) is 0 Å². The minimum atomic E-state index is -0.198. The van der Waals surface area contributed by atoms with E-state index in [0.717, 1.165) is 68.9 Å². The number of anilines is 1. The molecule has 5 nitrogen and oxygen atoms in total. The highest BCUT2D eigenvalue weighted by Gasteiger charge is 2.34. The lowest BCUT2D eigenvalue weighted by molar-refractivity contribution is -0.136. The van der Waals surface area contributed by atoms with E-state index >= 15 is 0 Å². The van der Waals surface area contributed by atoms with Crippen molar-refractivity contribution in [1.82, 2.24) is 9.80 Å². The van der Waals surface area contributed by atoms with Gasteiger partial charge in [-0.3, -0.25) is 14.5 Å². The summed E-state index contributed by atoms with van der Waals surface area (Å²) in [6, 6.07) is 17.8. The van der Waals surface area contributed by atoms with Crippen LogP contribution in [0.4, 0.5) is 5.69 Å². The van der Waals surface area contributed by atoms with Gasteiger partial charge in [0.15, 0.2) is 5.78 Å². The molecular weight excluding hydrogens is 362 g/mol. The summed E-state index contributed by atoms with van der Waals surface area (Å²) in [7, 11) is 0. The van der Waals surface area contributed by atoms with Gasteiger partial charge >= 0.3 is 0 Å². The summed E-state index contributed by atoms with van der Waals surface area (Å²) in [5.74, 6) is 0.334. The highest BCUT2D eigenvalue weighted by molar-refractivity contribution is 5.94. The van der Waals surface area contributed by atoms with Crippen molar-refractivity contribution in [3.8, 4) is 0 Å². The molecule has 0 spiro atoms. The zero-order chi connectivity index (χ0) is 20.2. The van der Waals surface area contributed by atoms with Crippen LogP contribution in [0.3, 0.4) is 0 Å². The molecular formula is C24H29N3O2. The molecule has 2 fully saturated rings. The minimum Gasteiger partial charge on any atom is -0.369 e. The number of carbonyl (C=O) groups is 2. The molecule has 5 heteroatoms. The zero-order valence-electron chi connectivity index (χ0n) is 17.1. The van der Waals surface area contributed by atoms with Gasteiger partial charge in [0.2, 0.25) is 5.91 Å². The summed E-state index contributed by atoms with van der Waals surface area (Å²) in [4.78, 5) is 31.5. The number of amides is 1. The fourth-order valence-electron chi connectivity index (χ4n) is 4.40. The molecule has 2 saturated heterocycles. The van der Waals surface area contributed by atoms with Crippen LogP contribution >= 0.6 is 0 Å². The Kier molecular flexibility index (Phi) is 5.95. The van der Waals surface area contributed by atoms with E-state index in [1.54, 1.807) is 6.92 Å². The maximum Gasteiger partial charge on any atom is 0.244 e. The van der Waals surface area contributed by atoms with Crippen LogP contribution in [0.2, 0.25) is 0 Å². The molecule has 1 atom stereocenters. The zero-order valence-corrected chi connectivity index (χ0v) is 17.1. The average Bonchev–Trinajstić information content (AvgIpc) is 3.30. The summed E-state index contributed by atoms with van der Waals surface area (Å²) < 4.78 is 0. The maximum atomic E-state index is 13.3. The van der Waals surface area contributed by atoms with E-state index in [-0.39, 0.29) is 17.7 Å². The van der Waals surface area contributed by atoms with Crippen LogP contribution in [-0.4, -0.2) is 60.8 Å². The molecule has 0 bridgehead atoms. The van der Waals surface area contributed by atoms with Crippen LogP contribution < -0.4 is 4.90 Å². The molecule has 2 heterocycles. The van der Waals surface area contributed by atoms with E-state index in [0.29, 0.717) is 0 Å². The van der Waals surface area contributed by atoms with Crippen LogP contribution in [0.1, 0.15) is 41.7 Å². The molecule has 0 aliphatic carbocycles. The standard InChI is InChI=1S/C24H29N3O2/c1-19(28)20-9-11-22(12-10-20)25-15-17-26(18-16-25)23(21-7-3-2-4-8-21)24(29)27-13-5-6-14-27/h2-4,7-12,23H,5-6,13-18H2,1H3/t23-/m0/s1. The normalized spacial score (nSPS) is 18.7. The van der Waals surface area contributed by atoms with Crippen LogP contribution in [0, 0.1) is 0 Å². The Labute approximate surface area is 172 Å². The highest BCUT2D eigenvalue weighted by Crippen LogP contribution is 2.27. The third-order valence-corrected chi connectivity index (χ3v) is 6.09. The van der Waals surface area contributed by atoms with Gasteiger partial charge in [-0.1, -0.05) is 30.3 Å². The van der Waals surface area contributed by atoms with E-state index < -0.39 is 0 Å². The van der Waals surface area contributed by atoms with Crippen molar-refractivity contribution in [3.05, 3.63) is 65.7 Å². The van der Waals surface area contributed by atoms with Crippen LogP contribution in [-0.2, 0) is 4.79 Å². The smallest absolute Gasteiger partial charge is 0.244 e. The van der Waals surface area contributed by atoms with Crippen molar-refractivity contribution in [2.24, 2.45) is 0 Å². The Balaban J connectivity index is 1.47. The topological polar surface area (TPSA) is 43.9 Å². The molecule has 0 aromatic heterocycles. The lowest BCUT2D eigenvalue weighted by Gasteiger charge is -2.40. The number of likely N-dealkylation sites (tertiary alicyclic amines) is 1. The fraction of sp³-hybridized carbons (Fsp3) is 0.417. The summed E-state index contributed by atoms with van der Waals surface area (Å²) >= 11 is 0. The molecule has 0 N–H and O–H groups in total. The van der Waals surface area contributed by atoms with E-state index in [1.165, 1.54) is 0 Å². The number of carbonyl (C=O) groups excluding carboxylic acids is 2. The first-order chi connectivity index (χ1) is 14.1. The molecule has 2 aromatic carbocycles. The van der Waals surface area contributed by atoms with Gasteiger partial charge in [0.25, 0.3) is 0 Å². The Bertz CT molecular complexity index is 836. The van der Waals surface area contributed by atoms with Gasteiger partial charge in [-0.15, -0.1) is 0 Å². The van der Waals surface area contributed by atoms with E-state index in [2.05, 4.69) is 21.9 Å². The molecule has 152 valence electrons. The van der Waals surface area contributed by atoms with E-state index in [4.69, 9.17) is 0 Å². The third kappa shape index (κ3) is 4.35. The second-order valence-electron chi connectivity index (χ2n) is 7.97. The SMILES string of the molecule is CC(=O)c1ccc(N2CCN([C@H](C(=O)N3CCCC3)c3ccccc3)CC2)cc1. The van der Waals surface area contributed by atoms with Gasteiger partial charge in [-0.05, 0) is 49.6 Å². The summed E-state index contributed by atoms with van der Waals surface area (Å²) in [5, 5.41) is 0. The lowest BCUT2D eigenvalue weighted by Crippen LogP contribution is -2.51. The molecule has 0 unspecified atom stereocenters. The molecule has 1 amide bonds. The number of Topliss-reactive ketones (excluding diaryl/α,β-unsaturated/α-hetero) is 1. The van der Waals surface area contributed by atoms with Crippen molar-refractivity contribution < 1.29 is 9.59 Å². The lowest BCUT2D eigenvalue weighted by atomic mass is 10.0. The monoisotopic (exact) mass is 391 g/mol. The highest BCUT2D eigenvalue weighted by atomic mass is 16.2. The fourth-order valence-corrected chi connectivity index (χ4v) is 4.40. The number of piperazine rings is 1. The number of hydrogen-bond donors (Lipinski definition) is 0. The first kappa shape index (κ1) is 19.6. The maximum absolute atomic E-state index is 13.3. The van der Waals surface area contributed by atoms with Gasteiger partial charge < -0.3 is 9.80 Å². The van der Waals surface area contributed by atoms with E-state index in [1.807, 2.05) is 47.4 Å². The van der Waals surface area contributed by atoms with Crippen molar-refractivity contribution in [1.29, 1.82) is 0 Å². The summed E-state index contributed by atoms with van der Waals surface area (Å²) in [5.41, 5.74) is 2.97. The van der Waals surface area contributed by atoms with Gasteiger partial charge in [0.1, 0.15) is 6.04 Å². The molecule has 2 aliphatic rings. The quantitative estimate of drug-likeness (QED) is 0.733. The predicted molar refractivity (Wildman–Crippen MR) is 115 cm³/mol. The molecule has 2 aromatic rings.